The Labute approximate surface area is 155 Å². The Bertz CT molecular complexity index is 1020. The molecule has 2 aromatic carbocycles. The number of methoxy groups -OCH3 is 1. The molecule has 0 bridgehead atoms. The zero-order chi connectivity index (χ0) is 18.7. The van der Waals surface area contributed by atoms with Gasteiger partial charge in [0.15, 0.2) is 5.78 Å². The normalized spacial score (nSPS) is 10.7. The molecule has 0 fully saturated rings. The van der Waals surface area contributed by atoms with Gasteiger partial charge in [-0.2, -0.15) is 0 Å². The molecule has 0 radical (unpaired) electrons. The van der Waals surface area contributed by atoms with Crippen LogP contribution in [0.1, 0.15) is 29.3 Å². The Morgan fingerprint density at radius 1 is 1.15 bits per heavy atom. The summed E-state index contributed by atoms with van der Waals surface area (Å²) >= 11 is 5.99. The number of ether oxygens (including phenoxy) is 2. The van der Waals surface area contributed by atoms with Gasteiger partial charge in [-0.15, -0.1) is 0 Å². The second-order valence-electron chi connectivity index (χ2n) is 5.66. The predicted octanol–water partition coefficient (Wildman–Crippen LogP) is 4.63. The van der Waals surface area contributed by atoms with Crippen LogP contribution >= 0.6 is 11.6 Å². The van der Waals surface area contributed by atoms with E-state index in [0.717, 1.165) is 5.39 Å². The quantitative estimate of drug-likeness (QED) is 0.466. The number of halogens is 1. The lowest BCUT2D eigenvalue weighted by Gasteiger charge is -2.12. The average Bonchev–Trinajstić information content (AvgIpc) is 2.65. The van der Waals surface area contributed by atoms with E-state index in [9.17, 15) is 9.59 Å². The lowest BCUT2D eigenvalue weighted by atomic mass is 10.1. The number of ketones is 1. The molecule has 0 amide bonds. The van der Waals surface area contributed by atoms with E-state index in [0.29, 0.717) is 39.7 Å². The monoisotopic (exact) mass is 372 g/mol. The molecular weight excluding hydrogens is 356 g/mol. The molecule has 1 aromatic heterocycles. The van der Waals surface area contributed by atoms with E-state index in [1.165, 1.54) is 6.07 Å². The van der Waals surface area contributed by atoms with Gasteiger partial charge >= 0.3 is 5.63 Å². The van der Waals surface area contributed by atoms with Gasteiger partial charge in [-0.1, -0.05) is 18.5 Å². The minimum absolute atomic E-state index is 0.0651. The van der Waals surface area contributed by atoms with Crippen LogP contribution in [0, 0.1) is 0 Å². The largest absolute Gasteiger partial charge is 0.497 e. The van der Waals surface area contributed by atoms with Crippen LogP contribution in [0.2, 0.25) is 5.02 Å². The van der Waals surface area contributed by atoms with Crippen molar-refractivity contribution in [2.45, 2.75) is 20.0 Å². The predicted molar refractivity (Wildman–Crippen MR) is 99.4 cm³/mol. The summed E-state index contributed by atoms with van der Waals surface area (Å²) in [6, 6.07) is 11.5. The summed E-state index contributed by atoms with van der Waals surface area (Å²) in [5, 5.41) is 1.20. The fourth-order valence-electron chi connectivity index (χ4n) is 2.65. The average molecular weight is 373 g/mol. The third kappa shape index (κ3) is 3.73. The summed E-state index contributed by atoms with van der Waals surface area (Å²) in [5.74, 6) is 0.952. The molecule has 3 aromatic rings. The van der Waals surface area contributed by atoms with E-state index in [1.807, 2.05) is 0 Å². The Morgan fingerprint density at radius 2 is 1.96 bits per heavy atom. The van der Waals surface area contributed by atoms with Crippen LogP contribution in [0.4, 0.5) is 0 Å². The second-order valence-corrected chi connectivity index (χ2v) is 6.10. The summed E-state index contributed by atoms with van der Waals surface area (Å²) in [5.41, 5.74) is 1.01. The maximum Gasteiger partial charge on any atom is 0.336 e. The number of Topliss-reactive ketones (excluding diaryl/α,β-unsaturated/α-hetero) is 1. The molecule has 26 heavy (non-hydrogen) atoms. The topological polar surface area (TPSA) is 65.7 Å². The molecule has 0 atom stereocenters. The van der Waals surface area contributed by atoms with Gasteiger partial charge in [-0.05, 0) is 30.3 Å². The van der Waals surface area contributed by atoms with E-state index >= 15 is 0 Å². The summed E-state index contributed by atoms with van der Waals surface area (Å²) in [7, 11) is 1.54. The molecule has 0 unspecified atom stereocenters. The van der Waals surface area contributed by atoms with Crippen LogP contribution in [-0.4, -0.2) is 12.9 Å². The maximum absolute atomic E-state index is 12.1. The van der Waals surface area contributed by atoms with Gasteiger partial charge in [-0.25, -0.2) is 4.79 Å². The van der Waals surface area contributed by atoms with Crippen molar-refractivity contribution < 1.29 is 18.7 Å². The van der Waals surface area contributed by atoms with Crippen LogP contribution in [0.25, 0.3) is 11.0 Å². The molecule has 134 valence electrons. The number of benzene rings is 2. The van der Waals surface area contributed by atoms with Crippen molar-refractivity contribution in [2.24, 2.45) is 0 Å². The first-order chi connectivity index (χ1) is 12.5. The molecule has 0 spiro atoms. The third-order valence-corrected chi connectivity index (χ3v) is 4.22. The zero-order valence-corrected chi connectivity index (χ0v) is 15.1. The molecule has 5 nitrogen and oxygen atoms in total. The van der Waals surface area contributed by atoms with Crippen LogP contribution in [0.15, 0.2) is 51.7 Å². The summed E-state index contributed by atoms with van der Waals surface area (Å²) in [6.07, 6.45) is 0.342. The molecule has 6 heteroatoms. The lowest BCUT2D eigenvalue weighted by Crippen LogP contribution is -2.06. The number of carbonyl (C=O) groups is 1. The van der Waals surface area contributed by atoms with E-state index in [2.05, 4.69) is 0 Å². The van der Waals surface area contributed by atoms with Crippen molar-refractivity contribution in [2.75, 3.05) is 7.11 Å². The van der Waals surface area contributed by atoms with Crippen molar-refractivity contribution in [1.82, 2.24) is 0 Å². The van der Waals surface area contributed by atoms with Crippen molar-refractivity contribution in [3.63, 3.8) is 0 Å². The minimum Gasteiger partial charge on any atom is -0.497 e. The van der Waals surface area contributed by atoms with Crippen LogP contribution in [0.3, 0.4) is 0 Å². The number of hydrogen-bond donors (Lipinski definition) is 0. The molecule has 0 saturated carbocycles. The van der Waals surface area contributed by atoms with Gasteiger partial charge in [0.1, 0.15) is 23.7 Å². The molecule has 3 rings (SSSR count). The fraction of sp³-hybridized carbons (Fsp3) is 0.200. The molecule has 0 aliphatic rings. The molecule has 0 aliphatic heterocycles. The smallest absolute Gasteiger partial charge is 0.336 e. The lowest BCUT2D eigenvalue weighted by molar-refractivity contribution is 0.0983. The van der Waals surface area contributed by atoms with Crippen molar-refractivity contribution in [1.29, 1.82) is 0 Å². The number of hydrogen-bond acceptors (Lipinski definition) is 5. The van der Waals surface area contributed by atoms with Gasteiger partial charge in [0.25, 0.3) is 0 Å². The Morgan fingerprint density at radius 3 is 2.69 bits per heavy atom. The fourth-order valence-corrected chi connectivity index (χ4v) is 2.82. The van der Waals surface area contributed by atoms with Crippen LogP contribution < -0.4 is 15.1 Å². The molecule has 0 N–H and O–H groups in total. The first-order valence-corrected chi connectivity index (χ1v) is 8.46. The Hall–Kier alpha value is -2.79. The van der Waals surface area contributed by atoms with Gasteiger partial charge < -0.3 is 13.9 Å². The maximum atomic E-state index is 12.1. The summed E-state index contributed by atoms with van der Waals surface area (Å²) in [4.78, 5) is 24.0. The van der Waals surface area contributed by atoms with Gasteiger partial charge in [0, 0.05) is 34.5 Å². The molecular formula is C20H17ClO5. The SMILES string of the molecule is CCC(=O)c1cc(Cl)ccc1OCc1cc(=O)oc2cc(OC)ccc12. The highest BCUT2D eigenvalue weighted by Crippen LogP contribution is 2.27. The van der Waals surface area contributed by atoms with Crippen LogP contribution in [0.5, 0.6) is 11.5 Å². The summed E-state index contributed by atoms with van der Waals surface area (Å²) < 4.78 is 16.2. The minimum atomic E-state index is -0.481. The van der Waals surface area contributed by atoms with E-state index < -0.39 is 5.63 Å². The third-order valence-electron chi connectivity index (χ3n) is 3.98. The summed E-state index contributed by atoms with van der Waals surface area (Å²) in [6.45, 7) is 1.89. The van der Waals surface area contributed by atoms with E-state index in [4.69, 9.17) is 25.5 Å². The van der Waals surface area contributed by atoms with Crippen molar-refractivity contribution in [3.05, 3.63) is 69.0 Å². The first kappa shape index (κ1) is 18.0. The van der Waals surface area contributed by atoms with Gasteiger partial charge in [-0.3, -0.25) is 4.79 Å². The first-order valence-electron chi connectivity index (χ1n) is 8.08. The van der Waals surface area contributed by atoms with Crippen LogP contribution in [-0.2, 0) is 6.61 Å². The van der Waals surface area contributed by atoms with Crippen molar-refractivity contribution in [3.8, 4) is 11.5 Å². The number of carbonyl (C=O) groups excluding carboxylic acids is 1. The molecule has 1 heterocycles. The standard InChI is InChI=1S/C20H17ClO5/c1-3-17(22)16-9-13(21)4-7-18(16)25-11-12-8-20(23)26-19-10-14(24-2)5-6-15(12)19/h4-10H,3,11H2,1-2H3. The van der Waals surface area contributed by atoms with Gasteiger partial charge in [0.05, 0.1) is 12.7 Å². The zero-order valence-electron chi connectivity index (χ0n) is 14.4. The van der Waals surface area contributed by atoms with Gasteiger partial charge in [0.2, 0.25) is 0 Å². The van der Waals surface area contributed by atoms with E-state index in [1.54, 1.807) is 50.4 Å². The highest BCUT2D eigenvalue weighted by molar-refractivity contribution is 6.31. The number of rotatable bonds is 6. The Kier molecular flexibility index (Phi) is 5.28. The molecule has 0 aliphatic carbocycles. The second kappa shape index (κ2) is 7.62. The number of fused-ring (bicyclic) bond motifs is 1. The van der Waals surface area contributed by atoms with E-state index in [-0.39, 0.29) is 12.4 Å². The Balaban J connectivity index is 1.96. The highest BCUT2D eigenvalue weighted by Gasteiger charge is 2.13. The highest BCUT2D eigenvalue weighted by atomic mass is 35.5. The van der Waals surface area contributed by atoms with Crippen molar-refractivity contribution >= 4 is 28.4 Å². The molecule has 0 saturated heterocycles.